The quantitative estimate of drug-likeness (QED) is 0.770. The van der Waals surface area contributed by atoms with Crippen LogP contribution < -0.4 is 10.7 Å². The lowest BCUT2D eigenvalue weighted by atomic mass is 10.1. The summed E-state index contributed by atoms with van der Waals surface area (Å²) < 4.78 is 97.6. The molecule has 0 bridgehead atoms. The van der Waals surface area contributed by atoms with Gasteiger partial charge in [0.2, 0.25) is 5.43 Å². The molecule has 30 heavy (non-hydrogen) atoms. The van der Waals surface area contributed by atoms with Gasteiger partial charge in [-0.25, -0.2) is 8.78 Å². The summed E-state index contributed by atoms with van der Waals surface area (Å²) in [6.45, 7) is -9.53. The number of fused-ring (bicyclic) bond motifs is 2. The number of hydrogen-bond acceptors (Lipinski definition) is 5. The number of amides is 2. The average Bonchev–Trinajstić information content (AvgIpc) is 2.77. The highest BCUT2D eigenvalue weighted by atomic mass is 19.1. The summed E-state index contributed by atoms with van der Waals surface area (Å²) in [6, 6.07) is -0.879. The topological polar surface area (TPSA) is 101 Å². The molecule has 2 atom stereocenters. The summed E-state index contributed by atoms with van der Waals surface area (Å²) in [4.78, 5) is 39.3. The standard InChI is InChI=1S/C20H19F2N3O5/c1-10-4-5-30-15-9-24-8-13(17(26)18(27)16(24)20(29)25(10)15)19(28)23-7-11-2-3-12(21)6-14(11)22/h2-3,6,8,10,15,27H,4-5,7,9H2,1H3,(H,23,28)/t10-,15+/m1/s1/i1D3,7D2,9D2,10D. The molecule has 1 aromatic heterocycles. The lowest BCUT2D eigenvalue weighted by Gasteiger charge is -2.44. The van der Waals surface area contributed by atoms with Crippen molar-refractivity contribution in [3.8, 4) is 5.75 Å². The van der Waals surface area contributed by atoms with Gasteiger partial charge in [-0.2, -0.15) is 0 Å². The van der Waals surface area contributed by atoms with Crippen LogP contribution in [0.25, 0.3) is 0 Å². The highest BCUT2D eigenvalue weighted by Gasteiger charge is 2.41. The van der Waals surface area contributed by atoms with Crippen LogP contribution in [0.1, 0.15) is 50.6 Å². The Morgan fingerprint density at radius 3 is 3.03 bits per heavy atom. The van der Waals surface area contributed by atoms with Gasteiger partial charge in [-0.3, -0.25) is 14.4 Å². The first kappa shape index (κ1) is 12.4. The average molecular weight is 427 g/mol. The number of halogens is 2. The number of hydrogen-bond donors (Lipinski definition) is 2. The maximum absolute atomic E-state index is 14.1. The molecule has 1 saturated heterocycles. The molecule has 158 valence electrons. The fraction of sp³-hybridized carbons (Fsp3) is 0.350. The van der Waals surface area contributed by atoms with E-state index >= 15 is 0 Å². The van der Waals surface area contributed by atoms with E-state index in [0.717, 1.165) is 6.07 Å². The number of aromatic hydroxyl groups is 1. The van der Waals surface area contributed by atoms with Crippen LogP contribution in [0.15, 0.2) is 29.2 Å². The molecule has 1 aromatic carbocycles. The zero-order valence-corrected chi connectivity index (χ0v) is 15.0. The lowest BCUT2D eigenvalue weighted by molar-refractivity contribution is -0.112. The Hall–Kier alpha value is -3.27. The van der Waals surface area contributed by atoms with Crippen LogP contribution >= 0.6 is 0 Å². The molecule has 2 aliphatic rings. The zero-order valence-electron chi connectivity index (χ0n) is 23.0. The third-order valence-corrected chi connectivity index (χ3v) is 4.48. The Bertz CT molecular complexity index is 1420. The Morgan fingerprint density at radius 2 is 2.30 bits per heavy atom. The first-order chi connectivity index (χ1) is 17.3. The van der Waals surface area contributed by atoms with Crippen LogP contribution in [0.2, 0.25) is 0 Å². The van der Waals surface area contributed by atoms with Gasteiger partial charge in [-0.05, 0) is 19.3 Å². The summed E-state index contributed by atoms with van der Waals surface area (Å²) in [5.41, 5.74) is -4.49. The van der Waals surface area contributed by atoms with Crippen molar-refractivity contribution in [2.75, 3.05) is 6.61 Å². The number of pyridine rings is 1. The van der Waals surface area contributed by atoms with E-state index in [1.807, 2.05) is 0 Å². The number of benzene rings is 1. The van der Waals surface area contributed by atoms with Crippen molar-refractivity contribution in [2.24, 2.45) is 0 Å². The molecule has 0 radical (unpaired) electrons. The molecule has 2 aromatic rings. The maximum Gasteiger partial charge on any atom is 0.276 e. The Labute approximate surface area is 180 Å². The minimum Gasteiger partial charge on any atom is -0.503 e. The van der Waals surface area contributed by atoms with E-state index in [1.54, 1.807) is 5.32 Å². The van der Waals surface area contributed by atoms with Crippen LogP contribution in [-0.2, 0) is 17.7 Å². The molecule has 2 aliphatic heterocycles. The van der Waals surface area contributed by atoms with Crippen molar-refractivity contribution in [2.45, 2.75) is 38.5 Å². The van der Waals surface area contributed by atoms with Crippen molar-refractivity contribution >= 4 is 11.8 Å². The second-order valence-electron chi connectivity index (χ2n) is 6.37. The molecular weight excluding hydrogens is 400 g/mol. The molecule has 0 unspecified atom stereocenters. The lowest BCUT2D eigenvalue weighted by Crippen LogP contribution is -2.57. The predicted octanol–water partition coefficient (Wildman–Crippen LogP) is 1.35. The van der Waals surface area contributed by atoms with E-state index in [1.165, 1.54) is 0 Å². The second kappa shape index (κ2) is 7.52. The number of rotatable bonds is 3. The number of ether oxygens (including phenoxy) is 1. The number of aromatic nitrogens is 1. The molecule has 3 heterocycles. The second-order valence-corrected chi connectivity index (χ2v) is 6.37. The van der Waals surface area contributed by atoms with Gasteiger partial charge in [0, 0.05) is 34.5 Å². The third kappa shape index (κ3) is 3.32. The monoisotopic (exact) mass is 427 g/mol. The van der Waals surface area contributed by atoms with Crippen LogP contribution in [-0.4, -0.2) is 45.2 Å². The minimum absolute atomic E-state index is 0.285. The SMILES string of the molecule is [2H]C([2H])(NC(=O)c1cn2c(c(O)c1=O)C(=O)N1[C@@H](OCC[C@@]1([2H])C([2H])([2H])[2H])C2([2H])[2H])c1ccc(F)cc1F. The van der Waals surface area contributed by atoms with Crippen molar-refractivity contribution in [3.05, 3.63) is 63.1 Å². The first-order valence-corrected chi connectivity index (χ1v) is 8.57. The number of nitrogens with one attached hydrogen (secondary N) is 1. The molecule has 0 spiro atoms. The molecule has 8 nitrogen and oxygen atoms in total. The fourth-order valence-corrected chi connectivity index (χ4v) is 3.01. The number of carbonyl (C=O) groups excluding carboxylic acids is 2. The van der Waals surface area contributed by atoms with Gasteiger partial charge < -0.3 is 24.6 Å². The summed E-state index contributed by atoms with van der Waals surface area (Å²) in [7, 11) is 0. The summed E-state index contributed by atoms with van der Waals surface area (Å²) in [6.07, 6.45) is -2.06. The normalized spacial score (nSPS) is 29.5. The van der Waals surface area contributed by atoms with Crippen LogP contribution in [0.5, 0.6) is 5.75 Å². The number of carbonyl (C=O) groups is 2. The molecule has 10 heteroatoms. The van der Waals surface area contributed by atoms with Gasteiger partial charge in [0.15, 0.2) is 17.7 Å². The summed E-state index contributed by atoms with van der Waals surface area (Å²) in [5.74, 6) is -6.84. The first-order valence-electron chi connectivity index (χ1n) is 12.6. The van der Waals surface area contributed by atoms with E-state index < -0.39 is 96.6 Å². The maximum atomic E-state index is 14.1. The van der Waals surface area contributed by atoms with Gasteiger partial charge in [0.25, 0.3) is 11.8 Å². The highest BCUT2D eigenvalue weighted by molar-refractivity contribution is 5.99. The molecule has 4 rings (SSSR count). The zero-order chi connectivity index (χ0) is 28.6. The van der Waals surface area contributed by atoms with Gasteiger partial charge in [0.05, 0.1) is 20.0 Å². The minimum atomic E-state index is -3.14. The molecule has 0 aliphatic carbocycles. The van der Waals surface area contributed by atoms with E-state index in [9.17, 15) is 28.3 Å². The Balaban J connectivity index is 1.82. The van der Waals surface area contributed by atoms with E-state index in [4.69, 9.17) is 15.7 Å². The predicted molar refractivity (Wildman–Crippen MR) is 99.9 cm³/mol. The van der Waals surface area contributed by atoms with Gasteiger partial charge in [-0.1, -0.05) is 6.07 Å². The van der Waals surface area contributed by atoms with Gasteiger partial charge in [0.1, 0.15) is 17.2 Å². The van der Waals surface area contributed by atoms with Crippen LogP contribution in [0.3, 0.4) is 0 Å². The largest absolute Gasteiger partial charge is 0.503 e. The smallest absolute Gasteiger partial charge is 0.276 e. The Morgan fingerprint density at radius 1 is 1.50 bits per heavy atom. The summed E-state index contributed by atoms with van der Waals surface area (Å²) >= 11 is 0. The highest BCUT2D eigenvalue weighted by Crippen LogP contribution is 2.29. The van der Waals surface area contributed by atoms with E-state index in [2.05, 4.69) is 0 Å². The molecule has 2 amide bonds. The molecule has 0 saturated carbocycles. The molecular formula is C20H19F2N3O5. The fourth-order valence-electron chi connectivity index (χ4n) is 3.01. The van der Waals surface area contributed by atoms with Crippen LogP contribution in [0, 0.1) is 11.6 Å². The van der Waals surface area contributed by atoms with Gasteiger partial charge in [-0.15, -0.1) is 0 Å². The van der Waals surface area contributed by atoms with Crippen LogP contribution in [0.4, 0.5) is 8.78 Å². The van der Waals surface area contributed by atoms with E-state index in [-0.39, 0.29) is 4.90 Å². The van der Waals surface area contributed by atoms with Crippen molar-refractivity contribution < 1.29 is 39.2 Å². The number of nitrogens with zero attached hydrogens (tertiary/aromatic N) is 2. The van der Waals surface area contributed by atoms with Gasteiger partial charge >= 0.3 is 0 Å². The Kier molecular flexibility index (Phi) is 3.12. The summed E-state index contributed by atoms with van der Waals surface area (Å²) in [5, 5.41) is 12.3. The van der Waals surface area contributed by atoms with Crippen molar-refractivity contribution in [3.63, 3.8) is 0 Å². The van der Waals surface area contributed by atoms with E-state index in [0.29, 0.717) is 22.9 Å². The molecule has 1 fully saturated rings. The third-order valence-electron chi connectivity index (χ3n) is 4.48. The van der Waals surface area contributed by atoms with Crippen molar-refractivity contribution in [1.29, 1.82) is 0 Å². The molecule has 2 N–H and O–H groups in total. The van der Waals surface area contributed by atoms with Crippen molar-refractivity contribution in [1.82, 2.24) is 14.8 Å².